The molecule has 0 spiro atoms. The van der Waals surface area contributed by atoms with Crippen LogP contribution >= 0.6 is 11.6 Å². The Morgan fingerprint density at radius 2 is 1.79 bits per heavy atom. The summed E-state index contributed by atoms with van der Waals surface area (Å²) in [5.74, 6) is 0.112. The van der Waals surface area contributed by atoms with Crippen molar-refractivity contribution in [1.82, 2.24) is 14.5 Å². The molecule has 8 nitrogen and oxygen atoms in total. The molecule has 2 aromatic heterocycles. The number of hydrogen-bond acceptors (Lipinski definition) is 6. The van der Waals surface area contributed by atoms with E-state index in [0.29, 0.717) is 16.1 Å². The standard InChI is InChI=1S/C17H14ClNO.C13H14N4O2/c1-2-13-11-12-7-6-10-15(18)16(12)17(20)19(13)14-8-4-3-5-9-14;1-7-5-8(3-4-10(7)19-2)9-6-16-12(14)11(17-9)13(15)18/h3-11H,2H2,1H3;3-6H,1-2H3,(H2,14,16)(H2,15,18). The van der Waals surface area contributed by atoms with Gasteiger partial charge in [0.2, 0.25) is 0 Å². The fraction of sp³-hybridized carbons (Fsp3) is 0.133. The molecule has 0 radical (unpaired) electrons. The molecule has 0 aliphatic rings. The quantitative estimate of drug-likeness (QED) is 0.309. The van der Waals surface area contributed by atoms with Crippen molar-refractivity contribution < 1.29 is 9.53 Å². The van der Waals surface area contributed by atoms with Crippen molar-refractivity contribution in [2.75, 3.05) is 12.8 Å². The molecule has 0 atom stereocenters. The molecular weight excluding hydrogens is 514 g/mol. The zero-order valence-electron chi connectivity index (χ0n) is 21.8. The van der Waals surface area contributed by atoms with Crippen molar-refractivity contribution in [2.45, 2.75) is 20.3 Å². The van der Waals surface area contributed by atoms with E-state index in [4.69, 9.17) is 27.8 Å². The van der Waals surface area contributed by atoms with Gasteiger partial charge in [0.25, 0.3) is 11.5 Å². The molecule has 9 heteroatoms. The largest absolute Gasteiger partial charge is 0.496 e. The topological polar surface area (TPSA) is 126 Å². The smallest absolute Gasteiger partial charge is 0.271 e. The number of nitrogens with two attached hydrogens (primary N) is 2. The summed E-state index contributed by atoms with van der Waals surface area (Å²) in [7, 11) is 1.61. The molecule has 0 bridgehead atoms. The van der Waals surface area contributed by atoms with Gasteiger partial charge in [-0.25, -0.2) is 9.97 Å². The van der Waals surface area contributed by atoms with Crippen LogP contribution in [0, 0.1) is 6.92 Å². The minimum Gasteiger partial charge on any atom is -0.496 e. The number of hydrogen-bond donors (Lipinski definition) is 2. The second-order valence-corrected chi connectivity index (χ2v) is 9.11. The van der Waals surface area contributed by atoms with E-state index >= 15 is 0 Å². The predicted molar refractivity (Wildman–Crippen MR) is 156 cm³/mol. The van der Waals surface area contributed by atoms with Crippen molar-refractivity contribution in [2.24, 2.45) is 5.73 Å². The fourth-order valence-corrected chi connectivity index (χ4v) is 4.51. The third-order valence-electron chi connectivity index (χ3n) is 6.17. The van der Waals surface area contributed by atoms with Gasteiger partial charge in [-0.15, -0.1) is 0 Å². The van der Waals surface area contributed by atoms with E-state index in [0.717, 1.165) is 40.1 Å². The molecule has 39 heavy (non-hydrogen) atoms. The molecule has 0 aliphatic carbocycles. The Bertz CT molecular complexity index is 1720. The maximum absolute atomic E-state index is 12.8. The molecule has 1 amide bonds. The highest BCUT2D eigenvalue weighted by Gasteiger charge is 2.13. The molecule has 5 rings (SSSR count). The molecule has 198 valence electrons. The highest BCUT2D eigenvalue weighted by Crippen LogP contribution is 2.25. The first-order valence-electron chi connectivity index (χ1n) is 12.2. The molecule has 0 fully saturated rings. The van der Waals surface area contributed by atoms with Gasteiger partial charge in [0.05, 0.1) is 29.4 Å². The molecule has 5 aromatic rings. The highest BCUT2D eigenvalue weighted by molar-refractivity contribution is 6.35. The number of nitrogens with zero attached hydrogens (tertiary/aromatic N) is 3. The zero-order chi connectivity index (χ0) is 28.1. The van der Waals surface area contributed by atoms with Crippen molar-refractivity contribution in [3.05, 3.63) is 111 Å². The van der Waals surface area contributed by atoms with Gasteiger partial charge in [-0.2, -0.15) is 0 Å². The van der Waals surface area contributed by atoms with Gasteiger partial charge in [0, 0.05) is 16.9 Å². The van der Waals surface area contributed by atoms with Crippen LogP contribution in [0.4, 0.5) is 5.82 Å². The molecule has 0 saturated carbocycles. The molecule has 0 aliphatic heterocycles. The number of ether oxygens (including phenoxy) is 1. The third-order valence-corrected chi connectivity index (χ3v) is 6.49. The van der Waals surface area contributed by atoms with Crippen molar-refractivity contribution in [3.63, 3.8) is 0 Å². The van der Waals surface area contributed by atoms with Gasteiger partial charge >= 0.3 is 0 Å². The van der Waals surface area contributed by atoms with Crippen LogP contribution in [0.15, 0.2) is 83.8 Å². The Morgan fingerprint density at radius 3 is 2.44 bits per heavy atom. The van der Waals surface area contributed by atoms with Crippen LogP contribution < -0.4 is 21.8 Å². The number of amides is 1. The van der Waals surface area contributed by atoms with Gasteiger partial charge < -0.3 is 16.2 Å². The first-order chi connectivity index (χ1) is 18.7. The average Bonchev–Trinajstić information content (AvgIpc) is 2.93. The van der Waals surface area contributed by atoms with Crippen LogP contribution in [0.1, 0.15) is 28.7 Å². The normalized spacial score (nSPS) is 10.6. The van der Waals surface area contributed by atoms with E-state index in [1.165, 1.54) is 6.20 Å². The number of nitrogen functional groups attached to an aromatic ring is 1. The van der Waals surface area contributed by atoms with E-state index in [-0.39, 0.29) is 17.1 Å². The molecular formula is C30H28ClN5O3. The lowest BCUT2D eigenvalue weighted by Gasteiger charge is -2.14. The Balaban J connectivity index is 0.000000181. The lowest BCUT2D eigenvalue weighted by atomic mass is 10.1. The molecule has 4 N–H and O–H groups in total. The van der Waals surface area contributed by atoms with E-state index in [1.54, 1.807) is 17.7 Å². The minimum absolute atomic E-state index is 0.0222. The summed E-state index contributed by atoms with van der Waals surface area (Å²) in [6.07, 6.45) is 2.29. The zero-order valence-corrected chi connectivity index (χ0v) is 22.6. The Morgan fingerprint density at radius 1 is 1.05 bits per heavy atom. The average molecular weight is 542 g/mol. The van der Waals surface area contributed by atoms with E-state index < -0.39 is 5.91 Å². The first-order valence-corrected chi connectivity index (χ1v) is 12.6. The Hall–Kier alpha value is -4.69. The number of rotatable bonds is 5. The lowest BCUT2D eigenvalue weighted by molar-refractivity contribution is 0.0996. The van der Waals surface area contributed by atoms with Gasteiger partial charge in [-0.05, 0) is 66.8 Å². The second-order valence-electron chi connectivity index (χ2n) is 8.71. The van der Waals surface area contributed by atoms with Gasteiger partial charge in [0.15, 0.2) is 11.5 Å². The van der Waals surface area contributed by atoms with Crippen molar-refractivity contribution in [1.29, 1.82) is 0 Å². The van der Waals surface area contributed by atoms with E-state index in [2.05, 4.69) is 9.97 Å². The fourth-order valence-electron chi connectivity index (χ4n) is 4.25. The van der Waals surface area contributed by atoms with E-state index in [1.807, 2.05) is 80.6 Å². The van der Waals surface area contributed by atoms with Crippen molar-refractivity contribution in [3.8, 4) is 22.7 Å². The summed E-state index contributed by atoms with van der Waals surface area (Å²) in [6, 6.07) is 22.8. The van der Waals surface area contributed by atoms with Crippen molar-refractivity contribution >= 4 is 34.1 Å². The number of carbonyl (C=O) groups excluding carboxylic acids is 1. The SMILES string of the molecule is CCc1cc2cccc(Cl)c2c(=O)n1-c1ccccc1.COc1ccc(-c2cnc(N)c(C(N)=O)n2)cc1C. The summed E-state index contributed by atoms with van der Waals surface area (Å²) in [6.45, 7) is 3.96. The number of benzene rings is 3. The predicted octanol–water partition coefficient (Wildman–Crippen LogP) is 5.35. The van der Waals surface area contributed by atoms with Crippen LogP contribution in [0.25, 0.3) is 27.7 Å². The monoisotopic (exact) mass is 541 g/mol. The third kappa shape index (κ3) is 5.76. The number of aromatic nitrogens is 3. The van der Waals surface area contributed by atoms with Crippen LogP contribution in [-0.2, 0) is 6.42 Å². The summed E-state index contributed by atoms with van der Waals surface area (Å²) in [5.41, 5.74) is 14.8. The molecule has 0 saturated heterocycles. The summed E-state index contributed by atoms with van der Waals surface area (Å²) in [5, 5.41) is 1.97. The number of anilines is 1. The number of primary amides is 1. The van der Waals surface area contributed by atoms with Gasteiger partial charge in [0.1, 0.15) is 5.75 Å². The number of methoxy groups -OCH3 is 1. The second kappa shape index (κ2) is 11.8. The number of halogens is 1. The number of aryl methyl sites for hydroxylation is 2. The Labute approximate surface area is 230 Å². The molecule has 0 unspecified atom stereocenters. The maximum atomic E-state index is 12.8. The van der Waals surface area contributed by atoms with Crippen LogP contribution in [-0.4, -0.2) is 27.6 Å². The van der Waals surface area contributed by atoms with Crippen LogP contribution in [0.3, 0.4) is 0 Å². The summed E-state index contributed by atoms with van der Waals surface area (Å²) >= 11 is 6.20. The molecule has 2 heterocycles. The molecule has 3 aromatic carbocycles. The van der Waals surface area contributed by atoms with E-state index in [9.17, 15) is 9.59 Å². The lowest BCUT2D eigenvalue weighted by Crippen LogP contribution is -2.22. The number of fused-ring (bicyclic) bond motifs is 1. The van der Waals surface area contributed by atoms with Crippen LogP contribution in [0.2, 0.25) is 5.02 Å². The Kier molecular flexibility index (Phi) is 8.27. The summed E-state index contributed by atoms with van der Waals surface area (Å²) in [4.78, 5) is 32.1. The minimum atomic E-state index is -0.697. The first kappa shape index (κ1) is 27.3. The summed E-state index contributed by atoms with van der Waals surface area (Å²) < 4.78 is 6.93. The number of carbonyl (C=O) groups is 1. The highest BCUT2D eigenvalue weighted by atomic mass is 35.5. The number of para-hydroxylation sites is 1. The van der Waals surface area contributed by atoms with Crippen LogP contribution in [0.5, 0.6) is 5.75 Å². The number of pyridine rings is 1. The van der Waals surface area contributed by atoms with Gasteiger partial charge in [-0.3, -0.25) is 14.2 Å². The van der Waals surface area contributed by atoms with Gasteiger partial charge in [-0.1, -0.05) is 48.9 Å². The maximum Gasteiger partial charge on any atom is 0.271 e.